The van der Waals surface area contributed by atoms with Gasteiger partial charge in [0, 0.05) is 11.1 Å². The van der Waals surface area contributed by atoms with Gasteiger partial charge in [0.25, 0.3) is 0 Å². The minimum atomic E-state index is 1.11. The maximum absolute atomic E-state index is 2.32. The molecule has 1 aromatic carbocycles. The van der Waals surface area contributed by atoms with Gasteiger partial charge in [0.05, 0.1) is 19.6 Å². The molecule has 0 saturated heterocycles. The van der Waals surface area contributed by atoms with E-state index in [1.165, 1.54) is 42.0 Å². The number of aryl methyl sites for hydroxylation is 3. The van der Waals surface area contributed by atoms with Gasteiger partial charge in [-0.1, -0.05) is 17.7 Å². The summed E-state index contributed by atoms with van der Waals surface area (Å²) in [5.74, 6) is 0. The van der Waals surface area contributed by atoms with E-state index in [4.69, 9.17) is 0 Å². The maximum Gasteiger partial charge on any atom is 0.138 e. The Kier molecular flexibility index (Phi) is 4.15. The van der Waals surface area contributed by atoms with E-state index in [2.05, 4.69) is 53.7 Å². The van der Waals surface area contributed by atoms with E-state index in [-0.39, 0.29) is 0 Å². The van der Waals surface area contributed by atoms with Crippen molar-refractivity contribution in [3.05, 3.63) is 28.8 Å². The second-order valence-corrected chi connectivity index (χ2v) is 4.84. The van der Waals surface area contributed by atoms with E-state index in [0.29, 0.717) is 0 Å². The first-order valence-electron chi connectivity index (χ1n) is 6.45. The van der Waals surface area contributed by atoms with Gasteiger partial charge in [-0.05, 0) is 41.5 Å². The second-order valence-electron chi connectivity index (χ2n) is 4.84. The Bertz CT molecular complexity index is 330. The van der Waals surface area contributed by atoms with Gasteiger partial charge in [-0.3, -0.25) is 4.48 Å². The van der Waals surface area contributed by atoms with Crippen LogP contribution in [0.1, 0.15) is 37.5 Å². The molecule has 0 radical (unpaired) electrons. The van der Waals surface area contributed by atoms with Gasteiger partial charge < -0.3 is 0 Å². The summed E-state index contributed by atoms with van der Waals surface area (Å²) in [6.45, 7) is 17.1. The number of nitrogens with zero attached hydrogens (tertiary/aromatic N) is 1. The molecule has 0 saturated carbocycles. The second kappa shape index (κ2) is 5.01. The molecule has 0 spiro atoms. The zero-order valence-electron chi connectivity index (χ0n) is 11.7. The van der Waals surface area contributed by atoms with Crippen molar-refractivity contribution in [3.63, 3.8) is 0 Å². The summed E-state index contributed by atoms with van der Waals surface area (Å²) < 4.78 is 1.11. The summed E-state index contributed by atoms with van der Waals surface area (Å²) in [5, 5.41) is 0. The van der Waals surface area contributed by atoms with Gasteiger partial charge in [0.1, 0.15) is 5.69 Å². The van der Waals surface area contributed by atoms with Crippen LogP contribution >= 0.6 is 0 Å². The molecule has 16 heavy (non-hydrogen) atoms. The van der Waals surface area contributed by atoms with E-state index in [1.54, 1.807) is 0 Å². The molecule has 0 fully saturated rings. The summed E-state index contributed by atoms with van der Waals surface area (Å²) in [4.78, 5) is 0. The van der Waals surface area contributed by atoms with Crippen molar-refractivity contribution in [3.8, 4) is 0 Å². The quantitative estimate of drug-likeness (QED) is 0.673. The summed E-state index contributed by atoms with van der Waals surface area (Å²) in [7, 11) is 0. The molecule has 1 rings (SSSR count). The topological polar surface area (TPSA) is 0 Å². The highest BCUT2D eigenvalue weighted by atomic mass is 15.3. The molecular formula is C15H26N+. The first kappa shape index (κ1) is 13.2. The average molecular weight is 220 g/mol. The standard InChI is InChI=1S/C15H26N/c1-7-16(8-2,9-3)15-13(5)10-12(4)11-14(15)6/h10-11H,7-9H2,1-6H3/q+1. The molecule has 0 aliphatic rings. The zero-order valence-corrected chi connectivity index (χ0v) is 11.7. The third-order valence-electron chi connectivity index (χ3n) is 3.93. The lowest BCUT2D eigenvalue weighted by molar-refractivity contribution is 0.313. The van der Waals surface area contributed by atoms with Crippen LogP contribution in [-0.2, 0) is 0 Å². The molecular weight excluding hydrogens is 194 g/mol. The van der Waals surface area contributed by atoms with Crippen molar-refractivity contribution in [1.82, 2.24) is 4.48 Å². The third kappa shape index (κ3) is 2.15. The zero-order chi connectivity index (χ0) is 12.3. The third-order valence-corrected chi connectivity index (χ3v) is 3.93. The molecule has 90 valence electrons. The minimum absolute atomic E-state index is 1.11. The predicted octanol–water partition coefficient (Wildman–Crippen LogP) is 3.98. The maximum atomic E-state index is 2.32. The molecule has 0 atom stereocenters. The van der Waals surface area contributed by atoms with E-state index < -0.39 is 0 Å². The molecule has 1 nitrogen and oxygen atoms in total. The van der Waals surface area contributed by atoms with Crippen LogP contribution in [0, 0.1) is 20.8 Å². The molecule has 0 aromatic heterocycles. The largest absolute Gasteiger partial charge is 0.291 e. The van der Waals surface area contributed by atoms with Gasteiger partial charge in [0.2, 0.25) is 0 Å². The van der Waals surface area contributed by atoms with Gasteiger partial charge in [-0.15, -0.1) is 0 Å². The van der Waals surface area contributed by atoms with Crippen LogP contribution in [-0.4, -0.2) is 19.6 Å². The number of benzene rings is 1. The molecule has 0 amide bonds. The summed E-state index contributed by atoms with van der Waals surface area (Å²) in [5.41, 5.74) is 5.81. The summed E-state index contributed by atoms with van der Waals surface area (Å²) in [6, 6.07) is 4.63. The van der Waals surface area contributed by atoms with Gasteiger partial charge in [-0.2, -0.15) is 0 Å². The lowest BCUT2D eigenvalue weighted by Gasteiger charge is -2.37. The monoisotopic (exact) mass is 220 g/mol. The minimum Gasteiger partial charge on any atom is -0.291 e. The predicted molar refractivity (Wildman–Crippen MR) is 74.1 cm³/mol. The Morgan fingerprint density at radius 2 is 1.19 bits per heavy atom. The van der Waals surface area contributed by atoms with Crippen molar-refractivity contribution in [2.24, 2.45) is 0 Å². The molecule has 1 heteroatoms. The Balaban J connectivity index is 3.40. The normalized spacial score (nSPS) is 11.9. The smallest absolute Gasteiger partial charge is 0.138 e. The molecule has 0 aliphatic carbocycles. The van der Waals surface area contributed by atoms with Crippen molar-refractivity contribution in [2.45, 2.75) is 41.5 Å². The summed E-state index contributed by atoms with van der Waals surface area (Å²) >= 11 is 0. The SMILES string of the molecule is CC[N+](CC)(CC)c1c(C)cc(C)cc1C. The first-order valence-corrected chi connectivity index (χ1v) is 6.45. The van der Waals surface area contributed by atoms with E-state index in [0.717, 1.165) is 4.48 Å². The average Bonchev–Trinajstić information content (AvgIpc) is 2.23. The molecule has 0 aliphatic heterocycles. The number of hydrogen-bond acceptors (Lipinski definition) is 0. The highest BCUT2D eigenvalue weighted by Crippen LogP contribution is 2.31. The van der Waals surface area contributed by atoms with Crippen LogP contribution in [0.25, 0.3) is 0 Å². The highest BCUT2D eigenvalue weighted by molar-refractivity contribution is 5.57. The fourth-order valence-electron chi connectivity index (χ4n) is 3.07. The van der Waals surface area contributed by atoms with E-state index in [9.17, 15) is 0 Å². The Morgan fingerprint density at radius 3 is 1.50 bits per heavy atom. The van der Waals surface area contributed by atoms with Crippen LogP contribution in [0.2, 0.25) is 0 Å². The van der Waals surface area contributed by atoms with Crippen LogP contribution < -0.4 is 4.48 Å². The van der Waals surface area contributed by atoms with Crippen LogP contribution in [0.3, 0.4) is 0 Å². The van der Waals surface area contributed by atoms with Crippen LogP contribution in [0.15, 0.2) is 12.1 Å². The fourth-order valence-corrected chi connectivity index (χ4v) is 3.07. The molecule has 0 heterocycles. The van der Waals surface area contributed by atoms with Crippen molar-refractivity contribution in [2.75, 3.05) is 19.6 Å². The molecule has 1 aromatic rings. The van der Waals surface area contributed by atoms with Crippen molar-refractivity contribution < 1.29 is 0 Å². The number of rotatable bonds is 4. The highest BCUT2D eigenvalue weighted by Gasteiger charge is 2.28. The first-order chi connectivity index (χ1) is 7.50. The van der Waals surface area contributed by atoms with E-state index >= 15 is 0 Å². The lowest BCUT2D eigenvalue weighted by Crippen LogP contribution is -2.49. The number of hydrogen-bond donors (Lipinski definition) is 0. The molecule has 0 bridgehead atoms. The van der Waals surface area contributed by atoms with E-state index in [1.807, 2.05) is 0 Å². The van der Waals surface area contributed by atoms with Crippen LogP contribution in [0.5, 0.6) is 0 Å². The van der Waals surface area contributed by atoms with Crippen molar-refractivity contribution in [1.29, 1.82) is 0 Å². The molecule has 0 N–H and O–H groups in total. The fraction of sp³-hybridized carbons (Fsp3) is 0.600. The number of quaternary nitrogens is 1. The van der Waals surface area contributed by atoms with Crippen LogP contribution in [0.4, 0.5) is 5.69 Å². The van der Waals surface area contributed by atoms with Gasteiger partial charge in [-0.25, -0.2) is 0 Å². The Morgan fingerprint density at radius 1 is 0.812 bits per heavy atom. The lowest BCUT2D eigenvalue weighted by atomic mass is 10.0. The van der Waals surface area contributed by atoms with Crippen molar-refractivity contribution >= 4 is 5.69 Å². The Labute approximate surface area is 101 Å². The Hall–Kier alpha value is -0.820. The van der Waals surface area contributed by atoms with Gasteiger partial charge in [0.15, 0.2) is 0 Å². The van der Waals surface area contributed by atoms with Gasteiger partial charge >= 0.3 is 0 Å². The summed E-state index contributed by atoms with van der Waals surface area (Å²) in [6.07, 6.45) is 0. The molecule has 0 unspecified atom stereocenters.